The third-order valence-corrected chi connectivity index (χ3v) is 7.56. The highest BCUT2D eigenvalue weighted by Crippen LogP contribution is 2.30. The lowest BCUT2D eigenvalue weighted by molar-refractivity contribution is 0.112. The number of fused-ring (bicyclic) bond motifs is 1. The van der Waals surface area contributed by atoms with Crippen LogP contribution in [0.5, 0.6) is 0 Å². The van der Waals surface area contributed by atoms with Crippen LogP contribution < -0.4 is 15.8 Å². The number of likely N-dealkylation sites (tertiary alicyclic amines) is 1. The summed E-state index contributed by atoms with van der Waals surface area (Å²) < 4.78 is 14.7. The molecule has 0 amide bonds. The fourth-order valence-corrected chi connectivity index (χ4v) is 5.20. The van der Waals surface area contributed by atoms with E-state index in [1.165, 1.54) is 50.7 Å². The van der Waals surface area contributed by atoms with Crippen LogP contribution in [0.15, 0.2) is 59.7 Å². The number of aromatic nitrogens is 3. The van der Waals surface area contributed by atoms with Gasteiger partial charge in [-0.2, -0.15) is 0 Å². The number of hydrogen-bond acceptors (Lipinski definition) is 8. The second-order valence-corrected chi connectivity index (χ2v) is 10.6. The molecule has 0 saturated carbocycles. The smallest absolute Gasteiger partial charge is 0.259 e. The molecule has 0 unspecified atom stereocenters. The lowest BCUT2D eigenvalue weighted by atomic mass is 10.1. The van der Waals surface area contributed by atoms with Crippen LogP contribution >= 0.6 is 0 Å². The molecule has 41 heavy (non-hydrogen) atoms. The Kier molecular flexibility index (Phi) is 9.01. The van der Waals surface area contributed by atoms with E-state index in [2.05, 4.69) is 37.1 Å². The molecule has 0 atom stereocenters. The van der Waals surface area contributed by atoms with Crippen molar-refractivity contribution in [2.24, 2.45) is 0 Å². The summed E-state index contributed by atoms with van der Waals surface area (Å²) >= 11 is 0. The van der Waals surface area contributed by atoms with E-state index in [4.69, 9.17) is 0 Å². The van der Waals surface area contributed by atoms with Gasteiger partial charge in [-0.15, -0.1) is 0 Å². The number of benzene rings is 1. The minimum absolute atomic E-state index is 0.214. The average Bonchev–Trinajstić information content (AvgIpc) is 2.98. The Labute approximate surface area is 238 Å². The number of halogens is 1. The molecule has 10 heteroatoms. The maximum atomic E-state index is 14.7. The van der Waals surface area contributed by atoms with Gasteiger partial charge in [0.15, 0.2) is 0 Å². The lowest BCUT2D eigenvalue weighted by Crippen LogP contribution is -2.35. The van der Waals surface area contributed by atoms with E-state index in [-0.39, 0.29) is 22.8 Å². The third kappa shape index (κ3) is 6.96. The van der Waals surface area contributed by atoms with Crippen molar-refractivity contribution in [1.82, 2.24) is 19.9 Å². The number of aliphatic hydroxyl groups excluding tert-OH is 1. The molecule has 1 aromatic carbocycles. The Morgan fingerprint density at radius 2 is 1.83 bits per heavy atom. The van der Waals surface area contributed by atoms with E-state index in [9.17, 15) is 19.1 Å². The maximum absolute atomic E-state index is 14.7. The molecule has 3 aromatic heterocycles. The molecule has 0 spiro atoms. The minimum Gasteiger partial charge on any atom is -0.393 e. The highest BCUT2D eigenvalue weighted by Gasteiger charge is 2.18. The molecule has 4 aromatic rings. The van der Waals surface area contributed by atoms with Crippen molar-refractivity contribution in [2.75, 3.05) is 43.4 Å². The van der Waals surface area contributed by atoms with Crippen LogP contribution in [0.4, 0.5) is 21.6 Å². The summed E-state index contributed by atoms with van der Waals surface area (Å²) in [6.07, 6.45) is 9.27. The topological polar surface area (TPSA) is 114 Å². The molecular weight excluding hydrogens is 523 g/mol. The van der Waals surface area contributed by atoms with Gasteiger partial charge in [0.25, 0.3) is 5.56 Å². The summed E-state index contributed by atoms with van der Waals surface area (Å²) in [5, 5.41) is 13.2. The van der Waals surface area contributed by atoms with E-state index < -0.39 is 5.82 Å². The Morgan fingerprint density at radius 1 is 1.05 bits per heavy atom. The van der Waals surface area contributed by atoms with E-state index >= 15 is 0 Å². The van der Waals surface area contributed by atoms with Crippen LogP contribution in [0.25, 0.3) is 22.2 Å². The zero-order valence-electron chi connectivity index (χ0n) is 23.1. The van der Waals surface area contributed by atoms with Crippen molar-refractivity contribution in [2.45, 2.75) is 38.2 Å². The second kappa shape index (κ2) is 13.0. The highest BCUT2D eigenvalue weighted by molar-refractivity contribution is 5.94. The van der Waals surface area contributed by atoms with Crippen molar-refractivity contribution >= 4 is 34.4 Å². The molecule has 0 aliphatic carbocycles. The summed E-state index contributed by atoms with van der Waals surface area (Å²) in [5.74, 6) is -0.0689. The summed E-state index contributed by atoms with van der Waals surface area (Å²) in [6.45, 7) is 4.16. The number of aliphatic hydroxyl groups is 1. The van der Waals surface area contributed by atoms with Gasteiger partial charge in [-0.1, -0.05) is 12.5 Å². The third-order valence-electron chi connectivity index (χ3n) is 7.56. The second-order valence-electron chi connectivity index (χ2n) is 10.6. The van der Waals surface area contributed by atoms with Crippen LogP contribution in [0.3, 0.4) is 0 Å². The predicted octanol–water partition coefficient (Wildman–Crippen LogP) is 4.74. The van der Waals surface area contributed by atoms with Gasteiger partial charge in [-0.05, 0) is 82.2 Å². The Hall–Kier alpha value is -4.15. The number of H-pyrrole nitrogens is 1. The number of pyridine rings is 3. The van der Waals surface area contributed by atoms with Gasteiger partial charge >= 0.3 is 0 Å². The first-order chi connectivity index (χ1) is 19.9. The molecule has 2 fully saturated rings. The number of hydrogen-bond donors (Lipinski definition) is 3. The minimum atomic E-state index is -0.582. The zero-order chi connectivity index (χ0) is 28.8. The van der Waals surface area contributed by atoms with Gasteiger partial charge in [0.2, 0.25) is 0 Å². The van der Waals surface area contributed by atoms with E-state index in [0.717, 1.165) is 37.7 Å². The first-order valence-corrected chi connectivity index (χ1v) is 14.0. The van der Waals surface area contributed by atoms with Gasteiger partial charge < -0.3 is 25.2 Å². The zero-order valence-corrected chi connectivity index (χ0v) is 23.1. The van der Waals surface area contributed by atoms with Crippen LogP contribution in [-0.2, 0) is 0 Å². The average molecular weight is 559 g/mol. The quantitative estimate of drug-likeness (QED) is 0.301. The molecule has 2 saturated heterocycles. The van der Waals surface area contributed by atoms with Crippen LogP contribution in [0, 0.1) is 5.82 Å². The van der Waals surface area contributed by atoms with E-state index in [1.54, 1.807) is 18.3 Å². The van der Waals surface area contributed by atoms with Crippen molar-refractivity contribution in [1.29, 1.82) is 0 Å². The number of carbonyl (C=O) groups excluding carboxylic acids is 1. The Bertz CT molecular complexity index is 1540. The molecule has 5 heterocycles. The highest BCUT2D eigenvalue weighted by atomic mass is 19.1. The van der Waals surface area contributed by atoms with Crippen LogP contribution in [-0.4, -0.2) is 70.6 Å². The number of carbonyl (C=O) groups is 1. The molecule has 9 nitrogen and oxygen atoms in total. The lowest BCUT2D eigenvalue weighted by Gasteiger charge is -2.31. The summed E-state index contributed by atoms with van der Waals surface area (Å²) in [6, 6.07) is 11.1. The maximum Gasteiger partial charge on any atom is 0.259 e. The molecule has 0 radical (unpaired) electrons. The summed E-state index contributed by atoms with van der Waals surface area (Å²) in [7, 11) is 2.19. The van der Waals surface area contributed by atoms with Crippen molar-refractivity contribution < 1.29 is 14.3 Å². The fraction of sp³-hybridized carbons (Fsp3) is 0.355. The monoisotopic (exact) mass is 558 g/mol. The molecular formula is C31H35FN6O3. The number of nitrogens with one attached hydrogen (secondary N) is 2. The Morgan fingerprint density at radius 3 is 2.46 bits per heavy atom. The number of aldehydes is 1. The summed E-state index contributed by atoms with van der Waals surface area (Å²) in [5.41, 5.74) is 2.20. The van der Waals surface area contributed by atoms with Crippen LogP contribution in [0.1, 0.15) is 42.5 Å². The molecule has 214 valence electrons. The molecule has 3 N–H and O–H groups in total. The van der Waals surface area contributed by atoms with Gasteiger partial charge in [-0.25, -0.2) is 14.4 Å². The van der Waals surface area contributed by atoms with Gasteiger partial charge in [-0.3, -0.25) is 9.59 Å². The molecule has 0 bridgehead atoms. The van der Waals surface area contributed by atoms with Crippen LogP contribution in [0.2, 0.25) is 0 Å². The van der Waals surface area contributed by atoms with Crippen molar-refractivity contribution in [3.8, 4) is 11.3 Å². The molecule has 2 aliphatic rings. The molecule has 2 aliphatic heterocycles. The first-order valence-electron chi connectivity index (χ1n) is 14.0. The number of rotatable bonds is 5. The normalized spacial score (nSPS) is 16.2. The number of nitrogens with zero attached hydrogens (tertiary/aromatic N) is 4. The van der Waals surface area contributed by atoms with Crippen molar-refractivity contribution in [3.63, 3.8) is 0 Å². The van der Waals surface area contributed by atoms with Gasteiger partial charge in [0.05, 0.1) is 40.3 Å². The fourth-order valence-electron chi connectivity index (χ4n) is 5.20. The summed E-state index contributed by atoms with van der Waals surface area (Å²) in [4.78, 5) is 39.7. The van der Waals surface area contributed by atoms with Gasteiger partial charge in [0.1, 0.15) is 17.9 Å². The number of anilines is 3. The predicted molar refractivity (Wildman–Crippen MR) is 159 cm³/mol. The van der Waals surface area contributed by atoms with Gasteiger partial charge in [0, 0.05) is 30.4 Å². The largest absolute Gasteiger partial charge is 0.393 e. The van der Waals surface area contributed by atoms with E-state index in [1.807, 2.05) is 12.1 Å². The number of piperidine rings is 2. The molecule has 6 rings (SSSR count). The van der Waals surface area contributed by atoms with Crippen molar-refractivity contribution in [3.05, 3.63) is 76.6 Å². The number of aromatic amines is 1. The van der Waals surface area contributed by atoms with E-state index in [0.29, 0.717) is 34.4 Å². The standard InChI is InChI=1S/C25H22FN5O3.C6H13N/c26-19-11-15(14-32)1-3-18(19)21-12-22(24-20(29-21)5-8-27-25(24)34)30-23-4-2-16(13-28-23)31-9-6-17(33)7-10-31;1-7-5-3-2-4-6-7/h1-5,8,11-14,17,33H,6-7,9-10H2,(H,27,34)(H,28,29,30);2-6H2,1H3. The Balaban J connectivity index is 0.000000423. The SMILES string of the molecule is CN1CCCCC1.O=Cc1ccc(-c2cc(Nc3ccc(N4CCC(O)CC4)cn3)c3c(=O)[nH]ccc3n2)c(F)c1. The first kappa shape index (κ1) is 28.4.